The third-order valence-corrected chi connectivity index (χ3v) is 6.44. The van der Waals surface area contributed by atoms with Crippen molar-refractivity contribution in [1.29, 1.82) is 0 Å². The summed E-state index contributed by atoms with van der Waals surface area (Å²) in [4.78, 5) is 2.57. The molecule has 1 fully saturated rings. The lowest BCUT2D eigenvalue weighted by Gasteiger charge is -2.33. The summed E-state index contributed by atoms with van der Waals surface area (Å²) in [5.41, 5.74) is 6.65. The van der Waals surface area contributed by atoms with Crippen molar-refractivity contribution in [3.05, 3.63) is 70.8 Å². The normalized spacial score (nSPS) is 26.8. The first kappa shape index (κ1) is 17.1. The molecule has 3 heteroatoms. The van der Waals surface area contributed by atoms with Crippen molar-refractivity contribution in [2.24, 2.45) is 0 Å². The molecule has 132 valence electrons. The Balaban J connectivity index is 0.00000157. The molecule has 3 aliphatic rings. The molecule has 2 aromatic rings. The highest BCUT2D eigenvalue weighted by Gasteiger charge is 2.51. The van der Waals surface area contributed by atoms with Crippen molar-refractivity contribution < 1.29 is 4.74 Å². The van der Waals surface area contributed by atoms with Crippen molar-refractivity contribution in [3.8, 4) is 0 Å². The van der Waals surface area contributed by atoms with Crippen LogP contribution in [0.5, 0.6) is 0 Å². The van der Waals surface area contributed by atoms with Gasteiger partial charge in [0.2, 0.25) is 0 Å². The number of halogens is 1. The van der Waals surface area contributed by atoms with Crippen LogP contribution in [0, 0.1) is 0 Å². The van der Waals surface area contributed by atoms with Gasteiger partial charge in [-0.05, 0) is 48.1 Å². The molecule has 0 saturated carbocycles. The van der Waals surface area contributed by atoms with Crippen LogP contribution >= 0.6 is 12.4 Å². The Labute approximate surface area is 156 Å². The molecular formula is C22H26ClNO. The zero-order chi connectivity index (χ0) is 16.0. The third-order valence-electron chi connectivity index (χ3n) is 6.44. The van der Waals surface area contributed by atoms with E-state index in [0.29, 0.717) is 5.92 Å². The predicted octanol–water partition coefficient (Wildman–Crippen LogP) is 4.36. The summed E-state index contributed by atoms with van der Waals surface area (Å²) >= 11 is 0. The number of benzene rings is 2. The molecule has 0 aromatic heterocycles. The first-order valence-corrected chi connectivity index (χ1v) is 9.37. The molecule has 1 heterocycles. The standard InChI is InChI=1S/C22H25NO.ClH/c1-3-8-20-17(6-1)19-16-22(20,21-9-4-2-7-18(19)21)10-5-11-23-12-14-24-15-13-23;/h1-4,6-9,19H,5,10-16H2;1H. The maximum atomic E-state index is 5.48. The zero-order valence-corrected chi connectivity index (χ0v) is 15.4. The molecule has 2 nitrogen and oxygen atoms in total. The van der Waals surface area contributed by atoms with Gasteiger partial charge in [-0.1, -0.05) is 48.5 Å². The Kier molecular flexibility index (Phi) is 4.61. The van der Waals surface area contributed by atoms with Gasteiger partial charge in [-0.25, -0.2) is 0 Å². The van der Waals surface area contributed by atoms with Gasteiger partial charge in [-0.2, -0.15) is 0 Å². The molecular weight excluding hydrogens is 330 g/mol. The summed E-state index contributed by atoms with van der Waals surface area (Å²) < 4.78 is 5.48. The van der Waals surface area contributed by atoms with Gasteiger partial charge in [0.1, 0.15) is 0 Å². The number of ether oxygens (including phenoxy) is 1. The van der Waals surface area contributed by atoms with Crippen LogP contribution < -0.4 is 0 Å². The van der Waals surface area contributed by atoms with Crippen molar-refractivity contribution in [2.45, 2.75) is 30.6 Å². The average molecular weight is 356 g/mol. The Morgan fingerprint density at radius 3 is 2.16 bits per heavy atom. The van der Waals surface area contributed by atoms with Crippen LogP contribution in [0.25, 0.3) is 0 Å². The molecule has 0 radical (unpaired) electrons. The van der Waals surface area contributed by atoms with Crippen LogP contribution in [-0.2, 0) is 10.2 Å². The van der Waals surface area contributed by atoms with Gasteiger partial charge < -0.3 is 4.74 Å². The summed E-state index contributed by atoms with van der Waals surface area (Å²) in [5, 5.41) is 0. The van der Waals surface area contributed by atoms with E-state index in [0.717, 1.165) is 26.3 Å². The number of hydrogen-bond donors (Lipinski definition) is 0. The van der Waals surface area contributed by atoms with Gasteiger partial charge in [-0.15, -0.1) is 12.4 Å². The average Bonchev–Trinajstić information content (AvgIpc) is 3.16. The zero-order valence-electron chi connectivity index (χ0n) is 14.6. The number of hydrogen-bond acceptors (Lipinski definition) is 2. The minimum absolute atomic E-state index is 0. The summed E-state index contributed by atoms with van der Waals surface area (Å²) in [5.74, 6) is 0.626. The van der Waals surface area contributed by atoms with E-state index in [1.807, 2.05) is 0 Å². The molecule has 2 aliphatic carbocycles. The number of morpholine rings is 1. The van der Waals surface area contributed by atoms with Crippen LogP contribution in [0.15, 0.2) is 48.5 Å². The number of rotatable bonds is 4. The summed E-state index contributed by atoms with van der Waals surface area (Å²) in [6.07, 6.45) is 3.83. The lowest BCUT2D eigenvalue weighted by Crippen LogP contribution is -2.37. The molecule has 0 N–H and O–H groups in total. The largest absolute Gasteiger partial charge is 0.379 e. The second kappa shape index (κ2) is 6.75. The second-order valence-electron chi connectivity index (χ2n) is 7.57. The molecule has 5 rings (SSSR count). The lowest BCUT2D eigenvalue weighted by atomic mass is 9.72. The fourth-order valence-electron chi connectivity index (χ4n) is 5.37. The SMILES string of the molecule is Cl.c1ccc2c(c1)C1CC2(CCCN2CCOCC2)c2ccccc21. The maximum Gasteiger partial charge on any atom is 0.0594 e. The fraction of sp³-hybridized carbons (Fsp3) is 0.455. The highest BCUT2D eigenvalue weighted by Crippen LogP contribution is 2.61. The summed E-state index contributed by atoms with van der Waals surface area (Å²) in [6, 6.07) is 18.4. The predicted molar refractivity (Wildman–Crippen MR) is 104 cm³/mol. The van der Waals surface area contributed by atoms with E-state index >= 15 is 0 Å². The van der Waals surface area contributed by atoms with Crippen molar-refractivity contribution >= 4 is 12.4 Å². The van der Waals surface area contributed by atoms with Crippen LogP contribution in [0.3, 0.4) is 0 Å². The number of fused-ring (bicyclic) bond motifs is 8. The Morgan fingerprint density at radius 2 is 1.52 bits per heavy atom. The van der Waals surface area contributed by atoms with Crippen molar-refractivity contribution in [1.82, 2.24) is 4.90 Å². The first-order valence-electron chi connectivity index (χ1n) is 9.37. The fourth-order valence-corrected chi connectivity index (χ4v) is 5.37. The van der Waals surface area contributed by atoms with Crippen LogP contribution in [0.2, 0.25) is 0 Å². The Morgan fingerprint density at radius 1 is 0.920 bits per heavy atom. The molecule has 2 bridgehead atoms. The molecule has 1 aliphatic heterocycles. The molecule has 25 heavy (non-hydrogen) atoms. The van der Waals surface area contributed by atoms with Crippen LogP contribution in [-0.4, -0.2) is 37.7 Å². The van der Waals surface area contributed by atoms with Crippen molar-refractivity contribution in [3.63, 3.8) is 0 Å². The van der Waals surface area contributed by atoms with E-state index in [9.17, 15) is 0 Å². The quantitative estimate of drug-likeness (QED) is 0.808. The van der Waals surface area contributed by atoms with Gasteiger partial charge in [0.25, 0.3) is 0 Å². The van der Waals surface area contributed by atoms with Gasteiger partial charge in [0.15, 0.2) is 0 Å². The van der Waals surface area contributed by atoms with E-state index in [4.69, 9.17) is 4.74 Å². The minimum Gasteiger partial charge on any atom is -0.379 e. The van der Waals surface area contributed by atoms with Crippen LogP contribution in [0.4, 0.5) is 0 Å². The van der Waals surface area contributed by atoms with Gasteiger partial charge >= 0.3 is 0 Å². The van der Waals surface area contributed by atoms with Gasteiger partial charge in [0.05, 0.1) is 13.2 Å². The first-order chi connectivity index (χ1) is 11.9. The molecule has 0 atom stereocenters. The molecule has 0 amide bonds. The number of nitrogens with zero attached hydrogens (tertiary/aromatic N) is 1. The Hall–Kier alpha value is -1.35. The second-order valence-corrected chi connectivity index (χ2v) is 7.57. The van der Waals surface area contributed by atoms with E-state index in [-0.39, 0.29) is 17.8 Å². The third kappa shape index (κ3) is 2.63. The van der Waals surface area contributed by atoms with E-state index in [1.54, 1.807) is 22.3 Å². The molecule has 2 aromatic carbocycles. The van der Waals surface area contributed by atoms with E-state index < -0.39 is 0 Å². The van der Waals surface area contributed by atoms with Gasteiger partial charge in [0, 0.05) is 24.4 Å². The topological polar surface area (TPSA) is 12.5 Å². The highest BCUT2D eigenvalue weighted by atomic mass is 35.5. The summed E-state index contributed by atoms with van der Waals surface area (Å²) in [6.45, 7) is 5.21. The maximum absolute atomic E-state index is 5.48. The lowest BCUT2D eigenvalue weighted by molar-refractivity contribution is 0.0366. The van der Waals surface area contributed by atoms with Gasteiger partial charge in [-0.3, -0.25) is 4.90 Å². The monoisotopic (exact) mass is 355 g/mol. The van der Waals surface area contributed by atoms with E-state index in [1.165, 1.54) is 25.8 Å². The minimum atomic E-state index is 0. The van der Waals surface area contributed by atoms with E-state index in [2.05, 4.69) is 53.4 Å². The van der Waals surface area contributed by atoms with Crippen molar-refractivity contribution in [2.75, 3.05) is 32.8 Å². The van der Waals surface area contributed by atoms with Crippen LogP contribution in [0.1, 0.15) is 47.4 Å². The molecule has 1 saturated heterocycles. The summed E-state index contributed by atoms with van der Waals surface area (Å²) in [7, 11) is 0. The highest BCUT2D eigenvalue weighted by molar-refractivity contribution is 5.85. The molecule has 0 unspecified atom stereocenters. The Bertz CT molecular complexity index is 706. The smallest absolute Gasteiger partial charge is 0.0594 e. The molecule has 0 spiro atoms.